The fraction of sp³-hybridized carbons (Fsp3) is 0.364. The third kappa shape index (κ3) is 1.61. The summed E-state index contributed by atoms with van der Waals surface area (Å²) in [5, 5.41) is 11.9. The van der Waals surface area contributed by atoms with Gasteiger partial charge in [0.25, 0.3) is 0 Å². The summed E-state index contributed by atoms with van der Waals surface area (Å²) in [6, 6.07) is 6.68. The largest absolute Gasteiger partial charge is 0.316 e. The van der Waals surface area contributed by atoms with Gasteiger partial charge in [-0.25, -0.2) is 4.39 Å². The molecule has 0 aliphatic carbocycles. The third-order valence-electron chi connectivity index (χ3n) is 2.64. The van der Waals surface area contributed by atoms with Gasteiger partial charge in [-0.05, 0) is 36.6 Å². The van der Waals surface area contributed by atoms with Crippen LogP contribution in [0.5, 0.6) is 0 Å². The number of halogens is 1. The number of hydrogen-bond donors (Lipinski definition) is 1. The normalized spacial score (nSPS) is 20.7. The molecule has 0 saturated carbocycles. The molecular weight excluding hydrogens is 179 g/mol. The number of nitrogens with zero attached hydrogens (tertiary/aromatic N) is 1. The number of rotatable bonds is 1. The van der Waals surface area contributed by atoms with E-state index in [4.69, 9.17) is 5.26 Å². The van der Waals surface area contributed by atoms with Crippen molar-refractivity contribution in [2.24, 2.45) is 0 Å². The Balaban J connectivity index is 2.31. The number of hydrogen-bond acceptors (Lipinski definition) is 2. The highest BCUT2D eigenvalue weighted by molar-refractivity contribution is 5.36. The molecule has 0 aromatic heterocycles. The van der Waals surface area contributed by atoms with Gasteiger partial charge in [0.1, 0.15) is 11.9 Å². The van der Waals surface area contributed by atoms with E-state index in [9.17, 15) is 4.39 Å². The van der Waals surface area contributed by atoms with Crippen LogP contribution in [-0.2, 0) is 0 Å². The minimum atomic E-state index is -0.429. The molecule has 1 fully saturated rings. The first-order valence-electron chi connectivity index (χ1n) is 4.71. The van der Waals surface area contributed by atoms with Crippen LogP contribution in [0.15, 0.2) is 18.2 Å². The Bertz CT molecular complexity index is 375. The highest BCUT2D eigenvalue weighted by atomic mass is 19.1. The molecule has 14 heavy (non-hydrogen) atoms. The second-order valence-electron chi connectivity index (χ2n) is 3.54. The van der Waals surface area contributed by atoms with Crippen LogP contribution < -0.4 is 5.32 Å². The maximum absolute atomic E-state index is 13.0. The maximum atomic E-state index is 13.0. The van der Waals surface area contributed by atoms with E-state index in [1.54, 1.807) is 12.1 Å². The molecule has 1 aliphatic rings. The van der Waals surface area contributed by atoms with Gasteiger partial charge in [-0.1, -0.05) is 6.07 Å². The van der Waals surface area contributed by atoms with Gasteiger partial charge < -0.3 is 5.32 Å². The third-order valence-corrected chi connectivity index (χ3v) is 2.64. The monoisotopic (exact) mass is 190 g/mol. The van der Waals surface area contributed by atoms with E-state index in [1.165, 1.54) is 6.07 Å². The second kappa shape index (κ2) is 3.77. The summed E-state index contributed by atoms with van der Waals surface area (Å²) in [4.78, 5) is 0. The van der Waals surface area contributed by atoms with Gasteiger partial charge in [0.2, 0.25) is 0 Å². The van der Waals surface area contributed by atoms with Gasteiger partial charge >= 0.3 is 0 Å². The van der Waals surface area contributed by atoms with E-state index in [0.717, 1.165) is 25.1 Å². The summed E-state index contributed by atoms with van der Waals surface area (Å²) in [6.07, 6.45) is 1.07. The average molecular weight is 190 g/mol. The van der Waals surface area contributed by atoms with E-state index < -0.39 is 5.82 Å². The van der Waals surface area contributed by atoms with Crippen molar-refractivity contribution >= 4 is 0 Å². The molecule has 0 amide bonds. The standard InChI is InChI=1S/C11H11FN2/c12-11-2-1-8(5-10(11)6-13)9-3-4-14-7-9/h1-2,5,9,14H,3-4,7H2/t9-/m1/s1. The molecule has 72 valence electrons. The number of nitriles is 1. The Morgan fingerprint density at radius 1 is 1.50 bits per heavy atom. The van der Waals surface area contributed by atoms with E-state index in [-0.39, 0.29) is 5.56 Å². The molecule has 1 aromatic carbocycles. The van der Waals surface area contributed by atoms with Gasteiger partial charge in [-0.3, -0.25) is 0 Å². The molecule has 2 rings (SSSR count). The molecule has 0 unspecified atom stereocenters. The first kappa shape index (κ1) is 9.17. The highest BCUT2D eigenvalue weighted by Gasteiger charge is 2.17. The topological polar surface area (TPSA) is 35.8 Å². The zero-order valence-corrected chi connectivity index (χ0v) is 7.76. The van der Waals surface area contributed by atoms with Gasteiger partial charge in [0, 0.05) is 6.54 Å². The molecule has 0 spiro atoms. The lowest BCUT2D eigenvalue weighted by Gasteiger charge is -2.08. The summed E-state index contributed by atoms with van der Waals surface area (Å²) in [5.41, 5.74) is 1.21. The molecule has 1 aliphatic heterocycles. The van der Waals surface area contributed by atoms with Gasteiger partial charge in [0.15, 0.2) is 0 Å². The van der Waals surface area contributed by atoms with Crippen LogP contribution in [0.1, 0.15) is 23.5 Å². The van der Waals surface area contributed by atoms with Gasteiger partial charge in [-0.2, -0.15) is 5.26 Å². The zero-order valence-electron chi connectivity index (χ0n) is 7.76. The van der Waals surface area contributed by atoms with Crippen LogP contribution in [0.2, 0.25) is 0 Å². The smallest absolute Gasteiger partial charge is 0.140 e. The molecule has 3 heteroatoms. The minimum absolute atomic E-state index is 0.148. The second-order valence-corrected chi connectivity index (χ2v) is 3.54. The van der Waals surface area contributed by atoms with Gasteiger partial charge in [0.05, 0.1) is 5.56 Å². The average Bonchev–Trinajstić information content (AvgIpc) is 2.71. The van der Waals surface area contributed by atoms with Crippen molar-refractivity contribution in [3.63, 3.8) is 0 Å². The SMILES string of the molecule is N#Cc1cc([C@@H]2CCNC2)ccc1F. The van der Waals surface area contributed by atoms with E-state index in [0.29, 0.717) is 5.92 Å². The zero-order chi connectivity index (χ0) is 9.97. The predicted octanol–water partition coefficient (Wildman–Crippen LogP) is 1.77. The Labute approximate surface area is 82.4 Å². The van der Waals surface area contributed by atoms with Crippen molar-refractivity contribution in [3.8, 4) is 6.07 Å². The van der Waals surface area contributed by atoms with E-state index in [1.807, 2.05) is 6.07 Å². The van der Waals surface area contributed by atoms with E-state index in [2.05, 4.69) is 5.32 Å². The summed E-state index contributed by atoms with van der Waals surface area (Å²) in [6.45, 7) is 1.93. The van der Waals surface area contributed by atoms with Crippen LogP contribution in [0, 0.1) is 17.1 Å². The lowest BCUT2D eigenvalue weighted by molar-refractivity contribution is 0.621. The fourth-order valence-electron chi connectivity index (χ4n) is 1.82. The molecule has 2 nitrogen and oxygen atoms in total. The Morgan fingerprint density at radius 3 is 3.00 bits per heavy atom. The predicted molar refractivity (Wildman–Crippen MR) is 51.3 cm³/mol. The van der Waals surface area contributed by atoms with Crippen LogP contribution in [0.4, 0.5) is 4.39 Å². The van der Waals surface area contributed by atoms with Crippen molar-refractivity contribution in [3.05, 3.63) is 35.1 Å². The first-order valence-corrected chi connectivity index (χ1v) is 4.71. The molecule has 1 aromatic rings. The number of benzene rings is 1. The molecule has 1 N–H and O–H groups in total. The molecule has 1 saturated heterocycles. The molecule has 1 heterocycles. The summed E-state index contributed by atoms with van der Waals surface area (Å²) >= 11 is 0. The Hall–Kier alpha value is -1.40. The fourth-order valence-corrected chi connectivity index (χ4v) is 1.82. The van der Waals surface area contributed by atoms with Crippen molar-refractivity contribution in [1.29, 1.82) is 5.26 Å². The van der Waals surface area contributed by atoms with E-state index >= 15 is 0 Å². The lowest BCUT2D eigenvalue weighted by atomic mass is 9.97. The first-order chi connectivity index (χ1) is 6.81. The molecular formula is C11H11FN2. The van der Waals surface area contributed by atoms with Crippen LogP contribution >= 0.6 is 0 Å². The van der Waals surface area contributed by atoms with Crippen molar-refractivity contribution in [2.45, 2.75) is 12.3 Å². The maximum Gasteiger partial charge on any atom is 0.140 e. The molecule has 0 radical (unpaired) electrons. The van der Waals surface area contributed by atoms with Crippen LogP contribution in [0.3, 0.4) is 0 Å². The minimum Gasteiger partial charge on any atom is -0.316 e. The number of nitrogens with one attached hydrogen (secondary N) is 1. The Morgan fingerprint density at radius 2 is 2.36 bits per heavy atom. The quantitative estimate of drug-likeness (QED) is 0.732. The molecule has 1 atom stereocenters. The summed E-state index contributed by atoms with van der Waals surface area (Å²) in [7, 11) is 0. The van der Waals surface area contributed by atoms with Gasteiger partial charge in [-0.15, -0.1) is 0 Å². The van der Waals surface area contributed by atoms with Crippen LogP contribution in [0.25, 0.3) is 0 Å². The Kier molecular flexibility index (Phi) is 2.47. The highest BCUT2D eigenvalue weighted by Crippen LogP contribution is 2.23. The summed E-state index contributed by atoms with van der Waals surface area (Å²) < 4.78 is 13.0. The van der Waals surface area contributed by atoms with Crippen molar-refractivity contribution in [2.75, 3.05) is 13.1 Å². The summed E-state index contributed by atoms with van der Waals surface area (Å²) in [5.74, 6) is 0.00454. The lowest BCUT2D eigenvalue weighted by Crippen LogP contribution is -2.08. The van der Waals surface area contributed by atoms with Crippen molar-refractivity contribution < 1.29 is 4.39 Å². The van der Waals surface area contributed by atoms with Crippen molar-refractivity contribution in [1.82, 2.24) is 5.32 Å². The van der Waals surface area contributed by atoms with Crippen LogP contribution in [-0.4, -0.2) is 13.1 Å². The molecule has 0 bridgehead atoms.